The molecule has 0 atom stereocenters. The van der Waals surface area contributed by atoms with Gasteiger partial charge in [-0.1, -0.05) is 13.8 Å². The maximum absolute atomic E-state index is 12.0. The Labute approximate surface area is 155 Å². The van der Waals surface area contributed by atoms with Gasteiger partial charge in [-0.25, -0.2) is 4.99 Å². The van der Waals surface area contributed by atoms with Crippen LogP contribution in [0.3, 0.4) is 0 Å². The van der Waals surface area contributed by atoms with Crippen LogP contribution in [0, 0.1) is 6.92 Å². The van der Waals surface area contributed by atoms with Crippen LogP contribution < -0.4 is 4.90 Å². The molecule has 0 amide bonds. The van der Waals surface area contributed by atoms with Gasteiger partial charge in [0.25, 0.3) is 0 Å². The largest absolute Gasteiger partial charge is 0.372 e. The number of carbonyl (C=O) groups is 1. The van der Waals surface area contributed by atoms with E-state index in [1.807, 2.05) is 12.1 Å². The number of aromatic nitrogens is 1. The zero-order valence-corrected chi connectivity index (χ0v) is 15.7. The number of benzene rings is 1. The first-order valence-corrected chi connectivity index (χ1v) is 9.26. The number of aliphatic imine (C=N–C) groups is 1. The van der Waals surface area contributed by atoms with Crippen molar-refractivity contribution in [2.45, 2.75) is 33.6 Å². The molecule has 1 aromatic carbocycles. The molecule has 0 saturated carbocycles. The molecule has 26 heavy (non-hydrogen) atoms. The molecule has 1 aliphatic carbocycles. The first-order valence-electron chi connectivity index (χ1n) is 9.26. The van der Waals surface area contributed by atoms with Crippen LogP contribution in [0.5, 0.6) is 0 Å². The summed E-state index contributed by atoms with van der Waals surface area (Å²) in [6.07, 6.45) is 7.23. The van der Waals surface area contributed by atoms with Crippen LogP contribution in [-0.4, -0.2) is 29.6 Å². The predicted octanol–water partition coefficient (Wildman–Crippen LogP) is 4.89. The summed E-state index contributed by atoms with van der Waals surface area (Å²) in [5.41, 5.74) is 5.34. The molecule has 2 aromatic rings. The molecule has 0 spiro atoms. The van der Waals surface area contributed by atoms with E-state index >= 15 is 0 Å². The number of hydrogen-bond donors (Lipinski definition) is 0. The summed E-state index contributed by atoms with van der Waals surface area (Å²) in [6, 6.07) is 10.1. The lowest BCUT2D eigenvalue weighted by atomic mass is 9.99. The third-order valence-corrected chi connectivity index (χ3v) is 4.48. The minimum atomic E-state index is -0.0682. The summed E-state index contributed by atoms with van der Waals surface area (Å²) >= 11 is 0. The number of aryl methyl sites for hydroxylation is 1. The molecule has 134 valence electrons. The van der Waals surface area contributed by atoms with Crippen LogP contribution in [0.4, 0.5) is 11.4 Å². The van der Waals surface area contributed by atoms with E-state index in [1.165, 1.54) is 5.69 Å². The SMILES string of the molecule is CCCN(CCC)c1ccc(N=C2C=CC(=O)c3ncccc32)c(C)c1. The Morgan fingerprint density at radius 2 is 1.85 bits per heavy atom. The Morgan fingerprint density at radius 3 is 2.54 bits per heavy atom. The van der Waals surface area contributed by atoms with E-state index in [1.54, 1.807) is 18.3 Å². The fourth-order valence-electron chi connectivity index (χ4n) is 3.23. The fraction of sp³-hybridized carbons (Fsp3) is 0.318. The molecule has 3 rings (SSSR count). The number of carbonyl (C=O) groups excluding carboxylic acids is 1. The van der Waals surface area contributed by atoms with E-state index in [0.717, 1.165) is 48.5 Å². The van der Waals surface area contributed by atoms with Crippen LogP contribution >= 0.6 is 0 Å². The van der Waals surface area contributed by atoms with Gasteiger partial charge in [-0.05, 0) is 67.8 Å². The van der Waals surface area contributed by atoms with Gasteiger partial charge in [0.15, 0.2) is 0 Å². The average Bonchev–Trinajstić information content (AvgIpc) is 2.65. The summed E-state index contributed by atoms with van der Waals surface area (Å²) in [7, 11) is 0. The first kappa shape index (κ1) is 18.1. The Balaban J connectivity index is 1.95. The van der Waals surface area contributed by atoms with Crippen molar-refractivity contribution in [3.8, 4) is 0 Å². The van der Waals surface area contributed by atoms with Gasteiger partial charge >= 0.3 is 0 Å². The van der Waals surface area contributed by atoms with Crippen molar-refractivity contribution in [3.63, 3.8) is 0 Å². The summed E-state index contributed by atoms with van der Waals surface area (Å²) < 4.78 is 0. The highest BCUT2D eigenvalue weighted by Crippen LogP contribution is 2.27. The number of nitrogens with zero attached hydrogens (tertiary/aromatic N) is 3. The maximum Gasteiger partial charge on any atom is 0.204 e. The minimum absolute atomic E-state index is 0.0682. The van der Waals surface area contributed by atoms with E-state index in [0.29, 0.717) is 5.69 Å². The molecule has 0 saturated heterocycles. The molecule has 1 aliphatic rings. The second-order valence-electron chi connectivity index (χ2n) is 6.55. The Morgan fingerprint density at radius 1 is 1.08 bits per heavy atom. The predicted molar refractivity (Wildman–Crippen MR) is 108 cm³/mol. The van der Waals surface area contributed by atoms with Crippen molar-refractivity contribution in [2.24, 2.45) is 4.99 Å². The quantitative estimate of drug-likeness (QED) is 0.747. The highest BCUT2D eigenvalue weighted by molar-refractivity contribution is 6.23. The molecule has 0 aliphatic heterocycles. The van der Waals surface area contributed by atoms with Crippen molar-refractivity contribution >= 4 is 22.9 Å². The minimum Gasteiger partial charge on any atom is -0.372 e. The number of fused-ring (bicyclic) bond motifs is 1. The van der Waals surface area contributed by atoms with Crippen molar-refractivity contribution < 1.29 is 4.79 Å². The highest BCUT2D eigenvalue weighted by Gasteiger charge is 2.18. The van der Waals surface area contributed by atoms with E-state index < -0.39 is 0 Å². The molecule has 1 heterocycles. The van der Waals surface area contributed by atoms with Crippen molar-refractivity contribution in [3.05, 3.63) is 65.5 Å². The summed E-state index contributed by atoms with van der Waals surface area (Å²) in [6.45, 7) is 8.62. The zero-order chi connectivity index (χ0) is 18.5. The van der Waals surface area contributed by atoms with Gasteiger partial charge in [-0.15, -0.1) is 0 Å². The van der Waals surface area contributed by atoms with E-state index in [2.05, 4.69) is 48.9 Å². The first-order chi connectivity index (χ1) is 12.6. The summed E-state index contributed by atoms with van der Waals surface area (Å²) in [5.74, 6) is -0.0682. The molecular formula is C22H25N3O. The molecule has 0 fully saturated rings. The Kier molecular flexibility index (Phi) is 5.61. The van der Waals surface area contributed by atoms with E-state index in [9.17, 15) is 4.79 Å². The van der Waals surface area contributed by atoms with Crippen LogP contribution in [-0.2, 0) is 0 Å². The molecule has 1 aromatic heterocycles. The second-order valence-corrected chi connectivity index (χ2v) is 6.55. The topological polar surface area (TPSA) is 45.6 Å². The molecule has 0 N–H and O–H groups in total. The fourth-order valence-corrected chi connectivity index (χ4v) is 3.23. The van der Waals surface area contributed by atoms with Gasteiger partial charge < -0.3 is 4.90 Å². The van der Waals surface area contributed by atoms with Gasteiger partial charge in [0.2, 0.25) is 5.78 Å². The molecular weight excluding hydrogens is 322 g/mol. The molecule has 4 nitrogen and oxygen atoms in total. The number of anilines is 1. The molecule has 4 heteroatoms. The normalized spacial score (nSPS) is 14.6. The highest BCUT2D eigenvalue weighted by atomic mass is 16.1. The molecule has 0 bridgehead atoms. The maximum atomic E-state index is 12.0. The van der Waals surface area contributed by atoms with Gasteiger partial charge in [0, 0.05) is 30.5 Å². The number of allylic oxidation sites excluding steroid dienone is 2. The third kappa shape index (κ3) is 3.74. The van der Waals surface area contributed by atoms with Crippen LogP contribution in [0.15, 0.2) is 53.7 Å². The molecule has 0 radical (unpaired) electrons. The Bertz CT molecular complexity index is 861. The lowest BCUT2D eigenvalue weighted by molar-refractivity contribution is 0.104. The number of pyridine rings is 1. The van der Waals surface area contributed by atoms with Crippen molar-refractivity contribution in [1.29, 1.82) is 0 Å². The van der Waals surface area contributed by atoms with Crippen molar-refractivity contribution in [1.82, 2.24) is 4.98 Å². The summed E-state index contributed by atoms with van der Waals surface area (Å²) in [5, 5.41) is 0. The van der Waals surface area contributed by atoms with Gasteiger partial charge in [0.1, 0.15) is 5.69 Å². The lowest BCUT2D eigenvalue weighted by Gasteiger charge is -2.24. The van der Waals surface area contributed by atoms with Crippen LogP contribution in [0.1, 0.15) is 48.3 Å². The molecule has 0 unspecified atom stereocenters. The van der Waals surface area contributed by atoms with Gasteiger partial charge in [-0.2, -0.15) is 0 Å². The van der Waals surface area contributed by atoms with Crippen LogP contribution in [0.25, 0.3) is 0 Å². The van der Waals surface area contributed by atoms with Gasteiger partial charge in [0.05, 0.1) is 11.4 Å². The number of ketones is 1. The van der Waals surface area contributed by atoms with E-state index in [-0.39, 0.29) is 5.78 Å². The zero-order valence-electron chi connectivity index (χ0n) is 15.7. The van der Waals surface area contributed by atoms with Crippen LogP contribution in [0.2, 0.25) is 0 Å². The number of hydrogen-bond acceptors (Lipinski definition) is 4. The standard InChI is InChI=1S/C22H25N3O/c1-4-13-25(14-5-2)17-8-9-19(16(3)15-17)24-20-10-11-21(26)22-18(20)7-6-12-23-22/h6-12,15H,4-5,13-14H2,1-3H3. The smallest absolute Gasteiger partial charge is 0.204 e. The summed E-state index contributed by atoms with van der Waals surface area (Å²) in [4.78, 5) is 23.4. The van der Waals surface area contributed by atoms with E-state index in [4.69, 9.17) is 4.99 Å². The monoisotopic (exact) mass is 347 g/mol. The van der Waals surface area contributed by atoms with Gasteiger partial charge in [-0.3, -0.25) is 9.78 Å². The number of rotatable bonds is 6. The van der Waals surface area contributed by atoms with Crippen molar-refractivity contribution in [2.75, 3.05) is 18.0 Å². The lowest BCUT2D eigenvalue weighted by Crippen LogP contribution is -2.24. The second kappa shape index (κ2) is 8.09. The Hall–Kier alpha value is -2.75. The third-order valence-electron chi connectivity index (χ3n) is 4.48. The average molecular weight is 347 g/mol.